The molecule has 2 aromatic carbocycles. The average molecular weight is 284 g/mol. The second-order valence-electron chi connectivity index (χ2n) is 5.50. The first-order chi connectivity index (χ1) is 10.1. The Kier molecular flexibility index (Phi) is 3.60. The normalized spacial score (nSPS) is 16.4. The topological polar surface area (TPSA) is 56.5 Å². The molecule has 1 aliphatic heterocycles. The Morgan fingerprint density at radius 1 is 1.24 bits per heavy atom. The molecule has 0 aromatic heterocycles. The van der Waals surface area contributed by atoms with Gasteiger partial charge in [0.15, 0.2) is 0 Å². The molecule has 1 heterocycles. The molecular weight excluding hydrogens is 264 g/mol. The van der Waals surface area contributed by atoms with Crippen molar-refractivity contribution in [3.05, 3.63) is 48.0 Å². The molecule has 3 rings (SSSR count). The third-order valence-electron chi connectivity index (χ3n) is 3.34. The molecule has 4 heteroatoms. The van der Waals surface area contributed by atoms with Crippen LogP contribution in [0, 0.1) is 0 Å². The molecular formula is C17H20N2O2. The highest BCUT2D eigenvalue weighted by molar-refractivity contribution is 5.60. The number of benzene rings is 2. The van der Waals surface area contributed by atoms with Gasteiger partial charge in [-0.2, -0.15) is 0 Å². The summed E-state index contributed by atoms with van der Waals surface area (Å²) in [6, 6.07) is 13.9. The second kappa shape index (κ2) is 5.56. The molecule has 0 saturated carbocycles. The van der Waals surface area contributed by atoms with Gasteiger partial charge in [0.2, 0.25) is 0 Å². The third-order valence-corrected chi connectivity index (χ3v) is 3.34. The maximum atomic E-state index is 5.95. The maximum absolute atomic E-state index is 5.95. The van der Waals surface area contributed by atoms with Crippen molar-refractivity contribution in [2.75, 3.05) is 17.7 Å². The lowest BCUT2D eigenvalue weighted by atomic mass is 10.1. The zero-order chi connectivity index (χ0) is 14.8. The third kappa shape index (κ3) is 3.05. The van der Waals surface area contributed by atoms with Crippen molar-refractivity contribution < 1.29 is 9.47 Å². The van der Waals surface area contributed by atoms with Crippen molar-refractivity contribution >= 4 is 11.4 Å². The molecule has 1 atom stereocenters. The fourth-order valence-electron chi connectivity index (χ4n) is 2.53. The molecule has 0 radical (unpaired) electrons. The van der Waals surface area contributed by atoms with Gasteiger partial charge in [0.1, 0.15) is 18.1 Å². The summed E-state index contributed by atoms with van der Waals surface area (Å²) in [7, 11) is 0. The summed E-state index contributed by atoms with van der Waals surface area (Å²) in [5, 5.41) is 3.47. The second-order valence-corrected chi connectivity index (χ2v) is 5.50. The number of hydrogen-bond donors (Lipinski definition) is 2. The minimum absolute atomic E-state index is 0.121. The van der Waals surface area contributed by atoms with Crippen LogP contribution in [0.1, 0.15) is 25.5 Å². The van der Waals surface area contributed by atoms with E-state index in [1.165, 1.54) is 5.56 Å². The summed E-state index contributed by atoms with van der Waals surface area (Å²) in [6.07, 6.45) is 0.121. The Labute approximate surface area is 124 Å². The lowest BCUT2D eigenvalue weighted by Crippen LogP contribution is -2.12. The number of hydrogen-bond acceptors (Lipinski definition) is 4. The molecule has 0 bridgehead atoms. The van der Waals surface area contributed by atoms with E-state index < -0.39 is 0 Å². The summed E-state index contributed by atoms with van der Waals surface area (Å²) < 4.78 is 11.4. The van der Waals surface area contributed by atoms with Crippen LogP contribution in [0.3, 0.4) is 0 Å². The van der Waals surface area contributed by atoms with Crippen LogP contribution in [0.5, 0.6) is 11.5 Å². The van der Waals surface area contributed by atoms with Gasteiger partial charge in [0, 0.05) is 29.1 Å². The zero-order valence-corrected chi connectivity index (χ0v) is 12.3. The fraction of sp³-hybridized carbons (Fsp3) is 0.294. The van der Waals surface area contributed by atoms with Gasteiger partial charge in [-0.3, -0.25) is 0 Å². The number of rotatable bonds is 4. The first-order valence-corrected chi connectivity index (χ1v) is 7.17. The van der Waals surface area contributed by atoms with Gasteiger partial charge in [-0.1, -0.05) is 18.2 Å². The Hall–Kier alpha value is -2.36. The number of nitrogens with one attached hydrogen (secondary N) is 1. The van der Waals surface area contributed by atoms with Crippen LogP contribution in [0.2, 0.25) is 0 Å². The average Bonchev–Trinajstić information content (AvgIpc) is 2.81. The molecule has 1 aliphatic rings. The zero-order valence-electron chi connectivity index (χ0n) is 12.3. The van der Waals surface area contributed by atoms with Crippen LogP contribution in [0.25, 0.3) is 0 Å². The summed E-state index contributed by atoms with van der Waals surface area (Å²) in [6.45, 7) is 4.61. The predicted molar refractivity (Wildman–Crippen MR) is 84.9 cm³/mol. The highest BCUT2D eigenvalue weighted by Crippen LogP contribution is 2.35. The van der Waals surface area contributed by atoms with Gasteiger partial charge in [-0.05, 0) is 26.0 Å². The molecule has 1 unspecified atom stereocenters. The molecule has 0 saturated heterocycles. The van der Waals surface area contributed by atoms with E-state index in [9.17, 15) is 0 Å². The highest BCUT2D eigenvalue weighted by Gasteiger charge is 2.23. The number of fused-ring (bicyclic) bond motifs is 1. The summed E-state index contributed by atoms with van der Waals surface area (Å²) in [5.74, 6) is 1.72. The lowest BCUT2D eigenvalue weighted by molar-refractivity contribution is 0.242. The van der Waals surface area contributed by atoms with E-state index >= 15 is 0 Å². The van der Waals surface area contributed by atoms with Crippen LogP contribution in [-0.2, 0) is 0 Å². The van der Waals surface area contributed by atoms with Crippen molar-refractivity contribution in [1.82, 2.24) is 0 Å². The number of ether oxygens (including phenoxy) is 2. The van der Waals surface area contributed by atoms with Gasteiger partial charge in [0.25, 0.3) is 0 Å². The Morgan fingerprint density at radius 3 is 2.86 bits per heavy atom. The van der Waals surface area contributed by atoms with Crippen molar-refractivity contribution in [3.63, 3.8) is 0 Å². The Morgan fingerprint density at radius 2 is 2.05 bits per heavy atom. The van der Waals surface area contributed by atoms with Gasteiger partial charge >= 0.3 is 0 Å². The fourth-order valence-corrected chi connectivity index (χ4v) is 2.53. The number of nitrogens with two attached hydrogens (primary N) is 1. The van der Waals surface area contributed by atoms with Crippen LogP contribution < -0.4 is 20.5 Å². The predicted octanol–water partition coefficient (Wildman–Crippen LogP) is 3.60. The number of para-hydroxylation sites is 1. The van der Waals surface area contributed by atoms with Gasteiger partial charge < -0.3 is 20.5 Å². The maximum Gasteiger partial charge on any atom is 0.124 e. The Balaban J connectivity index is 1.81. The molecule has 4 nitrogen and oxygen atoms in total. The van der Waals surface area contributed by atoms with Crippen LogP contribution >= 0.6 is 0 Å². The molecule has 110 valence electrons. The first-order valence-electron chi connectivity index (χ1n) is 7.17. The van der Waals surface area contributed by atoms with Crippen LogP contribution in [0.15, 0.2) is 42.5 Å². The van der Waals surface area contributed by atoms with Crippen LogP contribution in [0.4, 0.5) is 11.4 Å². The molecule has 3 N–H and O–H groups in total. The van der Waals surface area contributed by atoms with E-state index in [1.54, 1.807) is 0 Å². The number of nitrogen functional groups attached to an aromatic ring is 1. The largest absolute Gasteiger partial charge is 0.491 e. The monoisotopic (exact) mass is 284 g/mol. The van der Waals surface area contributed by atoms with E-state index in [2.05, 4.69) is 11.4 Å². The van der Waals surface area contributed by atoms with Crippen molar-refractivity contribution in [3.8, 4) is 11.5 Å². The highest BCUT2D eigenvalue weighted by atomic mass is 16.5. The quantitative estimate of drug-likeness (QED) is 0.842. The van der Waals surface area contributed by atoms with E-state index in [1.807, 2.05) is 50.2 Å². The van der Waals surface area contributed by atoms with Crippen molar-refractivity contribution in [2.45, 2.75) is 26.0 Å². The first kappa shape index (κ1) is 13.6. The van der Waals surface area contributed by atoms with Crippen molar-refractivity contribution in [2.24, 2.45) is 0 Å². The minimum atomic E-state index is 0.121. The van der Waals surface area contributed by atoms with E-state index in [-0.39, 0.29) is 12.1 Å². The summed E-state index contributed by atoms with van der Waals surface area (Å²) in [4.78, 5) is 0. The number of anilines is 2. The van der Waals surface area contributed by atoms with Crippen LogP contribution in [-0.4, -0.2) is 12.7 Å². The summed E-state index contributed by atoms with van der Waals surface area (Å²) in [5.41, 5.74) is 8.75. The minimum Gasteiger partial charge on any atom is -0.491 e. The molecule has 0 aliphatic carbocycles. The smallest absolute Gasteiger partial charge is 0.124 e. The SMILES string of the molecule is CC(C)Oc1cc(N)cc(NC2COc3ccccc32)c1. The molecule has 2 aromatic rings. The Bertz CT molecular complexity index is 640. The van der Waals surface area contributed by atoms with Gasteiger partial charge in [-0.15, -0.1) is 0 Å². The molecule has 0 fully saturated rings. The summed E-state index contributed by atoms with van der Waals surface area (Å²) >= 11 is 0. The molecule has 0 amide bonds. The molecule has 0 spiro atoms. The van der Waals surface area contributed by atoms with E-state index in [0.717, 1.165) is 17.2 Å². The standard InChI is InChI=1S/C17H20N2O2/c1-11(2)21-14-8-12(18)7-13(9-14)19-16-10-20-17-6-4-3-5-15(16)17/h3-9,11,16,19H,10,18H2,1-2H3. The van der Waals surface area contributed by atoms with Gasteiger partial charge in [0.05, 0.1) is 12.1 Å². The van der Waals surface area contributed by atoms with E-state index in [4.69, 9.17) is 15.2 Å². The molecule has 21 heavy (non-hydrogen) atoms. The van der Waals surface area contributed by atoms with Gasteiger partial charge in [-0.25, -0.2) is 0 Å². The van der Waals surface area contributed by atoms with Crippen molar-refractivity contribution in [1.29, 1.82) is 0 Å². The van der Waals surface area contributed by atoms with E-state index in [0.29, 0.717) is 12.3 Å². The lowest BCUT2D eigenvalue weighted by Gasteiger charge is -2.16.